The maximum atomic E-state index is 13.9. The molecule has 0 atom stereocenters. The molecule has 0 spiro atoms. The van der Waals surface area contributed by atoms with E-state index in [4.69, 9.17) is 5.73 Å². The molecule has 1 nitrogen and oxygen atoms in total. The molecule has 0 saturated carbocycles. The summed E-state index contributed by atoms with van der Waals surface area (Å²) in [6.45, 7) is 1.97. The highest BCUT2D eigenvalue weighted by Gasteiger charge is 2.13. The number of rotatable bonds is 2. The van der Waals surface area contributed by atoms with Crippen LogP contribution in [0.1, 0.15) is 11.1 Å². The van der Waals surface area contributed by atoms with Crippen LogP contribution in [0.3, 0.4) is 0 Å². The maximum Gasteiger partial charge on any atom is 0.136 e. The fraction of sp³-hybridized carbons (Fsp3) is 0.143. The van der Waals surface area contributed by atoms with Crippen LogP contribution >= 0.6 is 0 Å². The van der Waals surface area contributed by atoms with E-state index < -0.39 is 11.6 Å². The first-order valence-electron chi connectivity index (χ1n) is 5.37. The molecule has 0 amide bonds. The van der Waals surface area contributed by atoms with E-state index in [2.05, 4.69) is 0 Å². The van der Waals surface area contributed by atoms with Gasteiger partial charge in [0.1, 0.15) is 11.6 Å². The molecular weight excluding hydrogens is 220 g/mol. The highest BCUT2D eigenvalue weighted by molar-refractivity contribution is 5.66. The third kappa shape index (κ3) is 2.19. The van der Waals surface area contributed by atoms with E-state index in [-0.39, 0.29) is 5.56 Å². The van der Waals surface area contributed by atoms with Crippen molar-refractivity contribution in [3.63, 3.8) is 0 Å². The third-order valence-corrected chi connectivity index (χ3v) is 2.74. The lowest BCUT2D eigenvalue weighted by molar-refractivity contribution is 0.584. The Hall–Kier alpha value is -1.74. The van der Waals surface area contributed by atoms with Crippen molar-refractivity contribution in [2.24, 2.45) is 5.73 Å². The zero-order chi connectivity index (χ0) is 12.4. The van der Waals surface area contributed by atoms with Gasteiger partial charge < -0.3 is 5.73 Å². The van der Waals surface area contributed by atoms with Crippen molar-refractivity contribution in [1.82, 2.24) is 0 Å². The first-order valence-corrected chi connectivity index (χ1v) is 5.37. The zero-order valence-electron chi connectivity index (χ0n) is 9.50. The third-order valence-electron chi connectivity index (χ3n) is 2.74. The average Bonchev–Trinajstić information content (AvgIpc) is 2.35. The summed E-state index contributed by atoms with van der Waals surface area (Å²) in [4.78, 5) is 0. The Morgan fingerprint density at radius 2 is 1.88 bits per heavy atom. The van der Waals surface area contributed by atoms with Gasteiger partial charge in [-0.2, -0.15) is 0 Å². The molecule has 3 heteroatoms. The number of hydrogen-bond acceptors (Lipinski definition) is 1. The normalized spacial score (nSPS) is 10.6. The van der Waals surface area contributed by atoms with E-state index in [0.717, 1.165) is 5.56 Å². The molecule has 2 aromatic carbocycles. The Morgan fingerprint density at radius 1 is 1.12 bits per heavy atom. The second kappa shape index (κ2) is 4.63. The average molecular weight is 233 g/mol. The standard InChI is InChI=1S/C14H13F2N/c1-9-5-6-12(15)13(14(9)16)11-4-2-3-10(7-11)8-17/h2-7H,8,17H2,1H3. The molecule has 0 unspecified atom stereocenters. The van der Waals surface area contributed by atoms with Crippen LogP contribution in [0, 0.1) is 18.6 Å². The fourth-order valence-corrected chi connectivity index (χ4v) is 1.78. The van der Waals surface area contributed by atoms with E-state index in [1.165, 1.54) is 12.1 Å². The molecule has 0 heterocycles. The number of benzene rings is 2. The van der Waals surface area contributed by atoms with Gasteiger partial charge in [0.05, 0.1) is 5.56 Å². The lowest BCUT2D eigenvalue weighted by Gasteiger charge is -2.08. The topological polar surface area (TPSA) is 26.0 Å². The van der Waals surface area contributed by atoms with Gasteiger partial charge in [-0.15, -0.1) is 0 Å². The van der Waals surface area contributed by atoms with Gasteiger partial charge in [0.2, 0.25) is 0 Å². The Labute approximate surface area is 98.9 Å². The molecule has 0 aromatic heterocycles. The van der Waals surface area contributed by atoms with Gasteiger partial charge in [-0.3, -0.25) is 0 Å². The van der Waals surface area contributed by atoms with Gasteiger partial charge in [0, 0.05) is 6.54 Å². The first kappa shape index (κ1) is 11.7. The molecule has 2 rings (SSSR count). The summed E-state index contributed by atoms with van der Waals surface area (Å²) >= 11 is 0. The molecule has 0 radical (unpaired) electrons. The molecular formula is C14H13F2N. The number of nitrogens with two attached hydrogens (primary N) is 1. The van der Waals surface area contributed by atoms with Crippen LogP contribution in [0.5, 0.6) is 0 Å². The number of hydrogen-bond donors (Lipinski definition) is 1. The van der Waals surface area contributed by atoms with Gasteiger partial charge in [-0.1, -0.05) is 24.3 Å². The van der Waals surface area contributed by atoms with Crippen molar-refractivity contribution in [1.29, 1.82) is 0 Å². The van der Waals surface area contributed by atoms with Crippen LogP contribution in [0.15, 0.2) is 36.4 Å². The van der Waals surface area contributed by atoms with Crippen molar-refractivity contribution in [3.8, 4) is 11.1 Å². The minimum atomic E-state index is -0.553. The Balaban J connectivity index is 2.63. The molecule has 88 valence electrons. The number of halogens is 2. The first-order chi connectivity index (χ1) is 8.13. The molecule has 2 aromatic rings. The second-order valence-electron chi connectivity index (χ2n) is 3.96. The molecule has 2 N–H and O–H groups in total. The second-order valence-corrected chi connectivity index (χ2v) is 3.96. The van der Waals surface area contributed by atoms with Crippen LogP contribution in [0.2, 0.25) is 0 Å². The maximum absolute atomic E-state index is 13.9. The predicted octanol–water partition coefficient (Wildman–Crippen LogP) is 3.40. The summed E-state index contributed by atoms with van der Waals surface area (Å²) in [5.41, 5.74) is 7.33. The SMILES string of the molecule is Cc1ccc(F)c(-c2cccc(CN)c2)c1F. The zero-order valence-corrected chi connectivity index (χ0v) is 9.50. The molecule has 0 aliphatic heterocycles. The molecule has 17 heavy (non-hydrogen) atoms. The van der Waals surface area contributed by atoms with Crippen LogP contribution in [0.4, 0.5) is 8.78 Å². The summed E-state index contributed by atoms with van der Waals surface area (Å²) in [6.07, 6.45) is 0. The van der Waals surface area contributed by atoms with Gasteiger partial charge in [-0.05, 0) is 35.7 Å². The minimum absolute atomic E-state index is 0.0142. The van der Waals surface area contributed by atoms with Gasteiger partial charge >= 0.3 is 0 Å². The summed E-state index contributed by atoms with van der Waals surface area (Å²) in [5, 5.41) is 0. The lowest BCUT2D eigenvalue weighted by atomic mass is 10.00. The summed E-state index contributed by atoms with van der Waals surface area (Å²) in [5.74, 6) is -1.07. The van der Waals surface area contributed by atoms with Crippen molar-refractivity contribution in [3.05, 3.63) is 59.2 Å². The van der Waals surface area contributed by atoms with Crippen molar-refractivity contribution >= 4 is 0 Å². The van der Waals surface area contributed by atoms with E-state index in [9.17, 15) is 8.78 Å². The van der Waals surface area contributed by atoms with Gasteiger partial charge in [0.25, 0.3) is 0 Å². The molecule has 0 fully saturated rings. The minimum Gasteiger partial charge on any atom is -0.326 e. The smallest absolute Gasteiger partial charge is 0.136 e. The van der Waals surface area contributed by atoms with Crippen molar-refractivity contribution < 1.29 is 8.78 Å². The highest BCUT2D eigenvalue weighted by Crippen LogP contribution is 2.28. The van der Waals surface area contributed by atoms with Crippen LogP contribution in [0.25, 0.3) is 11.1 Å². The van der Waals surface area contributed by atoms with Gasteiger partial charge in [0.15, 0.2) is 0 Å². The van der Waals surface area contributed by atoms with Crippen molar-refractivity contribution in [2.75, 3.05) is 0 Å². The van der Waals surface area contributed by atoms with E-state index in [0.29, 0.717) is 17.7 Å². The van der Waals surface area contributed by atoms with Crippen LogP contribution < -0.4 is 5.73 Å². The Bertz CT molecular complexity index is 550. The van der Waals surface area contributed by atoms with E-state index in [1.54, 1.807) is 25.1 Å². The highest BCUT2D eigenvalue weighted by atomic mass is 19.1. The quantitative estimate of drug-likeness (QED) is 0.845. The van der Waals surface area contributed by atoms with Gasteiger partial charge in [-0.25, -0.2) is 8.78 Å². The van der Waals surface area contributed by atoms with E-state index in [1.807, 2.05) is 6.07 Å². The lowest BCUT2D eigenvalue weighted by Crippen LogP contribution is -1.98. The van der Waals surface area contributed by atoms with Crippen molar-refractivity contribution in [2.45, 2.75) is 13.5 Å². The monoisotopic (exact) mass is 233 g/mol. The summed E-state index contributed by atoms with van der Waals surface area (Å²) in [6, 6.07) is 9.68. The molecule has 0 bridgehead atoms. The Kier molecular flexibility index (Phi) is 3.20. The van der Waals surface area contributed by atoms with Crippen LogP contribution in [-0.4, -0.2) is 0 Å². The number of aryl methyl sites for hydroxylation is 1. The fourth-order valence-electron chi connectivity index (χ4n) is 1.78. The molecule has 0 aliphatic rings. The largest absolute Gasteiger partial charge is 0.326 e. The summed E-state index contributed by atoms with van der Waals surface area (Å²) in [7, 11) is 0. The summed E-state index contributed by atoms with van der Waals surface area (Å²) < 4.78 is 27.6. The molecule has 0 aliphatic carbocycles. The van der Waals surface area contributed by atoms with Crippen LogP contribution in [-0.2, 0) is 6.54 Å². The molecule has 0 saturated heterocycles. The predicted molar refractivity (Wildman–Crippen MR) is 64.4 cm³/mol. The Morgan fingerprint density at radius 3 is 2.59 bits per heavy atom. The van der Waals surface area contributed by atoms with E-state index >= 15 is 0 Å².